The second-order valence-corrected chi connectivity index (χ2v) is 6.12. The largest absolute Gasteiger partial charge is 0.497 e. The third-order valence-corrected chi connectivity index (χ3v) is 4.05. The van der Waals surface area contributed by atoms with Gasteiger partial charge in [0.2, 0.25) is 0 Å². The van der Waals surface area contributed by atoms with Crippen molar-refractivity contribution >= 4 is 29.2 Å². The zero-order valence-corrected chi connectivity index (χ0v) is 15.5. The van der Waals surface area contributed by atoms with E-state index in [0.717, 1.165) is 17.1 Å². The van der Waals surface area contributed by atoms with Gasteiger partial charge in [-0.3, -0.25) is 5.43 Å². The van der Waals surface area contributed by atoms with Crippen molar-refractivity contribution in [1.29, 1.82) is 0 Å². The van der Waals surface area contributed by atoms with Crippen molar-refractivity contribution in [3.8, 4) is 5.75 Å². The van der Waals surface area contributed by atoms with Crippen LogP contribution in [-0.4, -0.2) is 23.0 Å². The topological polar surface area (TPSA) is 50.6 Å². The van der Waals surface area contributed by atoms with Gasteiger partial charge in [0.15, 0.2) is 5.11 Å². The summed E-state index contributed by atoms with van der Waals surface area (Å²) < 4.78 is 20.9. The molecule has 0 radical (unpaired) electrons. The van der Waals surface area contributed by atoms with Crippen LogP contribution in [0.3, 0.4) is 0 Å². The molecule has 0 spiro atoms. The summed E-state index contributed by atoms with van der Waals surface area (Å²) in [7, 11) is 1.61. The van der Waals surface area contributed by atoms with Crippen LogP contribution in [0.1, 0.15) is 11.3 Å². The van der Waals surface area contributed by atoms with Crippen LogP contribution in [0.2, 0.25) is 0 Å². The molecule has 7 heteroatoms. The van der Waals surface area contributed by atoms with Crippen LogP contribution < -0.4 is 15.5 Å². The number of methoxy groups -OCH3 is 1. The van der Waals surface area contributed by atoms with E-state index < -0.39 is 0 Å². The highest BCUT2D eigenvalue weighted by molar-refractivity contribution is 7.80. The molecule has 0 saturated heterocycles. The Morgan fingerprint density at radius 2 is 2.04 bits per heavy atom. The van der Waals surface area contributed by atoms with Gasteiger partial charge >= 0.3 is 0 Å². The summed E-state index contributed by atoms with van der Waals surface area (Å²) in [5.41, 5.74) is 5.01. The highest BCUT2D eigenvalue weighted by Gasteiger charge is 2.04. The predicted octanol–water partition coefficient (Wildman–Crippen LogP) is 4.00. The van der Waals surface area contributed by atoms with Gasteiger partial charge in [-0.25, -0.2) is 4.39 Å². The van der Waals surface area contributed by atoms with Crippen molar-refractivity contribution in [2.45, 2.75) is 6.54 Å². The fourth-order valence-electron chi connectivity index (χ4n) is 2.52. The average Bonchev–Trinajstić information content (AvgIpc) is 3.11. The van der Waals surface area contributed by atoms with E-state index in [1.165, 1.54) is 6.07 Å². The Morgan fingerprint density at radius 1 is 1.19 bits per heavy atom. The molecule has 1 aromatic heterocycles. The number of nitrogens with one attached hydrogen (secondary N) is 2. The third-order valence-electron chi connectivity index (χ3n) is 3.85. The van der Waals surface area contributed by atoms with E-state index in [9.17, 15) is 4.39 Å². The van der Waals surface area contributed by atoms with Crippen LogP contribution >= 0.6 is 12.2 Å². The monoisotopic (exact) mass is 382 g/mol. The summed E-state index contributed by atoms with van der Waals surface area (Å²) in [6.45, 7) is 0.424. The van der Waals surface area contributed by atoms with E-state index >= 15 is 0 Å². The van der Waals surface area contributed by atoms with E-state index in [0.29, 0.717) is 17.2 Å². The second-order valence-electron chi connectivity index (χ2n) is 5.71. The van der Waals surface area contributed by atoms with Crippen LogP contribution in [0.5, 0.6) is 5.75 Å². The lowest BCUT2D eigenvalue weighted by molar-refractivity contribution is 0.415. The first-order valence-corrected chi connectivity index (χ1v) is 8.69. The van der Waals surface area contributed by atoms with Crippen LogP contribution in [0.25, 0.3) is 0 Å². The van der Waals surface area contributed by atoms with Crippen molar-refractivity contribution in [2.75, 3.05) is 12.4 Å². The van der Waals surface area contributed by atoms with Crippen molar-refractivity contribution in [2.24, 2.45) is 5.10 Å². The van der Waals surface area contributed by atoms with E-state index in [1.54, 1.807) is 25.5 Å². The number of hydrogen-bond acceptors (Lipinski definition) is 3. The van der Waals surface area contributed by atoms with Gasteiger partial charge in [-0.1, -0.05) is 24.3 Å². The molecule has 3 rings (SSSR count). The molecule has 0 aliphatic heterocycles. The quantitative estimate of drug-likeness (QED) is 0.384. The number of nitrogens with zero attached hydrogens (tertiary/aromatic N) is 2. The maximum atomic E-state index is 13.8. The maximum absolute atomic E-state index is 13.8. The summed E-state index contributed by atoms with van der Waals surface area (Å²) >= 11 is 5.23. The Kier molecular flexibility index (Phi) is 6.17. The molecule has 0 amide bonds. The maximum Gasteiger partial charge on any atom is 0.191 e. The van der Waals surface area contributed by atoms with Crippen LogP contribution in [-0.2, 0) is 6.54 Å². The number of halogens is 1. The van der Waals surface area contributed by atoms with E-state index in [-0.39, 0.29) is 5.82 Å². The normalized spacial score (nSPS) is 10.7. The Morgan fingerprint density at radius 3 is 2.85 bits per heavy atom. The highest BCUT2D eigenvalue weighted by Crippen LogP contribution is 2.16. The first kappa shape index (κ1) is 18.6. The fourth-order valence-corrected chi connectivity index (χ4v) is 2.69. The van der Waals surface area contributed by atoms with Gasteiger partial charge in [-0.2, -0.15) is 5.10 Å². The molecule has 138 valence electrons. The number of anilines is 1. The molecule has 2 aromatic carbocycles. The molecule has 0 fully saturated rings. The number of hydrogen-bond donors (Lipinski definition) is 2. The molecule has 3 aromatic rings. The molecule has 0 saturated carbocycles. The summed E-state index contributed by atoms with van der Waals surface area (Å²) in [5.74, 6) is 0.508. The zero-order valence-electron chi connectivity index (χ0n) is 14.7. The third kappa shape index (κ3) is 5.15. The summed E-state index contributed by atoms with van der Waals surface area (Å²) in [6, 6.07) is 17.9. The van der Waals surface area contributed by atoms with E-state index in [2.05, 4.69) is 15.8 Å². The Hall–Kier alpha value is -3.19. The number of rotatable bonds is 6. The van der Waals surface area contributed by atoms with Gasteiger partial charge < -0.3 is 14.6 Å². The first-order valence-electron chi connectivity index (χ1n) is 8.28. The highest BCUT2D eigenvalue weighted by atomic mass is 32.1. The SMILES string of the molecule is COc1cccc(NC(=S)N/N=C/c2cccn2Cc2ccccc2F)c1. The molecule has 0 aliphatic carbocycles. The lowest BCUT2D eigenvalue weighted by Gasteiger charge is -2.09. The smallest absolute Gasteiger partial charge is 0.191 e. The minimum Gasteiger partial charge on any atom is -0.497 e. The lowest BCUT2D eigenvalue weighted by atomic mass is 10.2. The minimum atomic E-state index is -0.226. The van der Waals surface area contributed by atoms with Gasteiger partial charge in [0.25, 0.3) is 0 Å². The second kappa shape index (κ2) is 8.95. The van der Waals surface area contributed by atoms with Gasteiger partial charge in [0.1, 0.15) is 11.6 Å². The average molecular weight is 382 g/mol. The Labute approximate surface area is 162 Å². The van der Waals surface area contributed by atoms with Gasteiger partial charge in [-0.05, 0) is 42.5 Å². The van der Waals surface area contributed by atoms with Gasteiger partial charge in [-0.15, -0.1) is 0 Å². The zero-order chi connectivity index (χ0) is 19.1. The fraction of sp³-hybridized carbons (Fsp3) is 0.100. The number of hydrazone groups is 1. The van der Waals surface area contributed by atoms with Crippen molar-refractivity contribution < 1.29 is 9.13 Å². The number of ether oxygens (including phenoxy) is 1. The summed E-state index contributed by atoms with van der Waals surface area (Å²) in [5, 5.41) is 7.53. The minimum absolute atomic E-state index is 0.226. The molecule has 0 unspecified atom stereocenters. The first-order chi connectivity index (χ1) is 13.2. The molecule has 0 bridgehead atoms. The predicted molar refractivity (Wildman–Crippen MR) is 110 cm³/mol. The van der Waals surface area contributed by atoms with Crippen LogP contribution in [0.15, 0.2) is 72.0 Å². The molecule has 5 nitrogen and oxygen atoms in total. The number of thiocarbonyl (C=S) groups is 1. The number of benzene rings is 2. The van der Waals surface area contributed by atoms with Gasteiger partial charge in [0.05, 0.1) is 25.6 Å². The molecular weight excluding hydrogens is 363 g/mol. The summed E-state index contributed by atoms with van der Waals surface area (Å²) in [6.07, 6.45) is 3.51. The Bertz CT molecular complexity index is 954. The molecule has 2 N–H and O–H groups in total. The standard InChI is InChI=1S/C20H19FN4OS/c1-26-18-9-4-7-16(12-18)23-20(27)24-22-13-17-8-5-11-25(17)14-15-6-2-3-10-19(15)21/h2-13H,14H2,1H3,(H2,23,24,27)/b22-13+. The molecule has 0 atom stereocenters. The lowest BCUT2D eigenvalue weighted by Crippen LogP contribution is -2.24. The molecule has 27 heavy (non-hydrogen) atoms. The van der Waals surface area contributed by atoms with Gasteiger partial charge in [0, 0.05) is 23.5 Å². The van der Waals surface area contributed by atoms with Crippen molar-refractivity contribution in [3.63, 3.8) is 0 Å². The Balaban J connectivity index is 1.59. The summed E-state index contributed by atoms with van der Waals surface area (Å²) in [4.78, 5) is 0. The van der Waals surface area contributed by atoms with Crippen molar-refractivity contribution in [1.82, 2.24) is 9.99 Å². The van der Waals surface area contributed by atoms with Crippen LogP contribution in [0, 0.1) is 5.82 Å². The van der Waals surface area contributed by atoms with E-state index in [4.69, 9.17) is 17.0 Å². The van der Waals surface area contributed by atoms with Crippen molar-refractivity contribution in [3.05, 3.63) is 83.9 Å². The van der Waals surface area contributed by atoms with Crippen LogP contribution in [0.4, 0.5) is 10.1 Å². The molecular formula is C20H19FN4OS. The molecule has 1 heterocycles. The number of aromatic nitrogens is 1. The molecule has 0 aliphatic rings. The van der Waals surface area contributed by atoms with E-state index in [1.807, 2.05) is 53.2 Å².